The summed E-state index contributed by atoms with van der Waals surface area (Å²) in [5.74, 6) is 0.508. The summed E-state index contributed by atoms with van der Waals surface area (Å²) in [5, 5.41) is 4.31. The van der Waals surface area contributed by atoms with Crippen LogP contribution in [0.15, 0.2) is 33.9 Å². The van der Waals surface area contributed by atoms with Crippen LogP contribution in [0.3, 0.4) is 0 Å². The minimum Gasteiger partial charge on any atom is -0.370 e. The van der Waals surface area contributed by atoms with Gasteiger partial charge in [0.1, 0.15) is 0 Å². The Balaban J connectivity index is 2.06. The van der Waals surface area contributed by atoms with Gasteiger partial charge in [-0.3, -0.25) is 4.99 Å². The van der Waals surface area contributed by atoms with Gasteiger partial charge in [-0.05, 0) is 38.0 Å². The highest BCUT2D eigenvalue weighted by atomic mass is 79.9. The first-order valence-corrected chi connectivity index (χ1v) is 7.18. The smallest absolute Gasteiger partial charge is 0.188 e. The molecule has 0 aliphatic carbocycles. The van der Waals surface area contributed by atoms with Gasteiger partial charge in [0.05, 0.1) is 0 Å². The molecule has 0 unspecified atom stereocenters. The van der Waals surface area contributed by atoms with E-state index in [1.165, 1.54) is 10.9 Å². The van der Waals surface area contributed by atoms with Gasteiger partial charge in [-0.25, -0.2) is 0 Å². The molecule has 0 atom stereocenters. The molecule has 4 nitrogen and oxygen atoms in total. The van der Waals surface area contributed by atoms with E-state index in [-0.39, 0.29) is 0 Å². The van der Waals surface area contributed by atoms with Crippen molar-refractivity contribution in [3.05, 3.63) is 34.4 Å². The molecule has 5 heteroatoms. The van der Waals surface area contributed by atoms with Gasteiger partial charge in [0.15, 0.2) is 5.96 Å². The van der Waals surface area contributed by atoms with E-state index in [9.17, 15) is 0 Å². The predicted octanol–water partition coefficient (Wildman–Crippen LogP) is 2.79. The molecule has 1 aromatic carbocycles. The maximum atomic E-state index is 5.78. The van der Waals surface area contributed by atoms with E-state index in [2.05, 4.69) is 43.4 Å². The third-order valence-corrected chi connectivity index (χ3v) is 3.50. The number of rotatable bonds is 4. The Hall–Kier alpha value is -1.49. The number of guanidine groups is 1. The largest absolute Gasteiger partial charge is 0.370 e. The van der Waals surface area contributed by atoms with Crippen molar-refractivity contribution in [2.24, 2.45) is 10.7 Å². The minimum atomic E-state index is 0.311. The lowest BCUT2D eigenvalue weighted by atomic mass is 10.1. The molecule has 0 saturated carbocycles. The standard InChI is InChI=1S/C14H19BrN4/c1-9(2)19-14(16)17-7-6-10-8-18-12-5-3-4-11(15)13(10)12/h3-5,8-9,18H,6-7H2,1-2H3,(H3,16,17,19). The highest BCUT2D eigenvalue weighted by Gasteiger charge is 2.06. The number of hydrogen-bond donors (Lipinski definition) is 3. The lowest BCUT2D eigenvalue weighted by Crippen LogP contribution is -2.36. The van der Waals surface area contributed by atoms with E-state index in [1.54, 1.807) is 0 Å². The maximum Gasteiger partial charge on any atom is 0.188 e. The molecule has 19 heavy (non-hydrogen) atoms. The molecule has 1 aromatic heterocycles. The number of aromatic nitrogens is 1. The topological polar surface area (TPSA) is 66.2 Å². The summed E-state index contributed by atoms with van der Waals surface area (Å²) in [6.45, 7) is 4.76. The Kier molecular flexibility index (Phi) is 4.47. The van der Waals surface area contributed by atoms with Crippen molar-refractivity contribution in [1.29, 1.82) is 0 Å². The molecule has 0 fully saturated rings. The van der Waals surface area contributed by atoms with Crippen molar-refractivity contribution in [3.63, 3.8) is 0 Å². The van der Waals surface area contributed by atoms with Gasteiger partial charge in [0.2, 0.25) is 0 Å². The maximum absolute atomic E-state index is 5.78. The quantitative estimate of drug-likeness (QED) is 0.598. The second-order valence-corrected chi connectivity index (χ2v) is 5.65. The zero-order valence-electron chi connectivity index (χ0n) is 11.2. The van der Waals surface area contributed by atoms with Gasteiger partial charge >= 0.3 is 0 Å². The van der Waals surface area contributed by atoms with Gasteiger partial charge in [-0.1, -0.05) is 22.0 Å². The fourth-order valence-electron chi connectivity index (χ4n) is 2.04. The molecule has 2 aromatic rings. The average Bonchev–Trinajstić information content (AvgIpc) is 2.73. The van der Waals surface area contributed by atoms with Crippen LogP contribution in [0, 0.1) is 0 Å². The summed E-state index contributed by atoms with van der Waals surface area (Å²) in [7, 11) is 0. The molecule has 0 spiro atoms. The van der Waals surface area contributed by atoms with Crippen LogP contribution in [-0.4, -0.2) is 23.5 Å². The van der Waals surface area contributed by atoms with Gasteiger partial charge in [0, 0.05) is 34.2 Å². The number of H-pyrrole nitrogens is 1. The van der Waals surface area contributed by atoms with Crippen LogP contribution < -0.4 is 11.1 Å². The molecule has 0 aliphatic heterocycles. The fourth-order valence-corrected chi connectivity index (χ4v) is 2.66. The van der Waals surface area contributed by atoms with Crippen LogP contribution >= 0.6 is 15.9 Å². The van der Waals surface area contributed by atoms with E-state index in [0.29, 0.717) is 18.5 Å². The van der Waals surface area contributed by atoms with E-state index in [1.807, 2.05) is 26.1 Å². The summed E-state index contributed by atoms with van der Waals surface area (Å²) in [6.07, 6.45) is 2.90. The number of nitrogens with zero attached hydrogens (tertiary/aromatic N) is 1. The van der Waals surface area contributed by atoms with E-state index in [0.717, 1.165) is 16.4 Å². The van der Waals surface area contributed by atoms with Crippen LogP contribution in [0.25, 0.3) is 10.9 Å². The van der Waals surface area contributed by atoms with Gasteiger partial charge < -0.3 is 16.0 Å². The summed E-state index contributed by atoms with van der Waals surface area (Å²) < 4.78 is 1.11. The number of benzene rings is 1. The van der Waals surface area contributed by atoms with Gasteiger partial charge in [-0.2, -0.15) is 0 Å². The number of nitrogens with one attached hydrogen (secondary N) is 2. The number of aromatic amines is 1. The molecule has 0 saturated heterocycles. The highest BCUT2D eigenvalue weighted by molar-refractivity contribution is 9.10. The Morgan fingerprint density at radius 2 is 2.26 bits per heavy atom. The monoisotopic (exact) mass is 322 g/mol. The Morgan fingerprint density at radius 3 is 3.00 bits per heavy atom. The van der Waals surface area contributed by atoms with Crippen molar-refractivity contribution >= 4 is 32.8 Å². The third kappa shape index (κ3) is 3.50. The number of nitrogens with two attached hydrogens (primary N) is 1. The zero-order chi connectivity index (χ0) is 13.8. The normalized spacial score (nSPS) is 12.3. The summed E-state index contributed by atoms with van der Waals surface area (Å²) in [6, 6.07) is 6.46. The first-order chi connectivity index (χ1) is 9.08. The molecule has 102 valence electrons. The highest BCUT2D eigenvalue weighted by Crippen LogP contribution is 2.27. The second-order valence-electron chi connectivity index (χ2n) is 4.79. The average molecular weight is 323 g/mol. The number of aliphatic imine (C=N–C) groups is 1. The van der Waals surface area contributed by atoms with E-state index in [4.69, 9.17) is 5.73 Å². The molecule has 0 bridgehead atoms. The van der Waals surface area contributed by atoms with Crippen molar-refractivity contribution in [2.45, 2.75) is 26.3 Å². The van der Waals surface area contributed by atoms with Crippen molar-refractivity contribution in [1.82, 2.24) is 10.3 Å². The molecule has 0 amide bonds. The Labute approximate surface area is 121 Å². The molecular formula is C14H19BrN4. The van der Waals surface area contributed by atoms with Crippen LogP contribution in [0.4, 0.5) is 0 Å². The molecule has 0 aliphatic rings. The lowest BCUT2D eigenvalue weighted by Gasteiger charge is -2.08. The Bertz CT molecular complexity index is 586. The molecule has 2 rings (SSSR count). The van der Waals surface area contributed by atoms with Crippen molar-refractivity contribution in [3.8, 4) is 0 Å². The summed E-state index contributed by atoms with van der Waals surface area (Å²) in [4.78, 5) is 7.60. The molecule has 0 radical (unpaired) electrons. The molecule has 4 N–H and O–H groups in total. The second kappa shape index (κ2) is 6.10. The van der Waals surface area contributed by atoms with Crippen LogP contribution in [0.5, 0.6) is 0 Å². The zero-order valence-corrected chi connectivity index (χ0v) is 12.8. The number of fused-ring (bicyclic) bond motifs is 1. The van der Waals surface area contributed by atoms with Gasteiger partial charge in [-0.15, -0.1) is 0 Å². The van der Waals surface area contributed by atoms with Crippen LogP contribution in [-0.2, 0) is 6.42 Å². The van der Waals surface area contributed by atoms with Crippen molar-refractivity contribution in [2.75, 3.05) is 6.54 Å². The fraction of sp³-hybridized carbons (Fsp3) is 0.357. The minimum absolute atomic E-state index is 0.311. The predicted molar refractivity (Wildman–Crippen MR) is 84.5 cm³/mol. The van der Waals surface area contributed by atoms with Crippen LogP contribution in [0.2, 0.25) is 0 Å². The lowest BCUT2D eigenvalue weighted by molar-refractivity contribution is 0.723. The van der Waals surface area contributed by atoms with Crippen molar-refractivity contribution < 1.29 is 0 Å². The summed E-state index contributed by atoms with van der Waals surface area (Å²) in [5.41, 5.74) is 8.17. The van der Waals surface area contributed by atoms with E-state index >= 15 is 0 Å². The molecule has 1 heterocycles. The first kappa shape index (κ1) is 13.9. The SMILES string of the molecule is CC(C)NC(N)=NCCc1c[nH]c2cccc(Br)c12. The third-order valence-electron chi connectivity index (χ3n) is 2.84. The van der Waals surface area contributed by atoms with E-state index < -0.39 is 0 Å². The van der Waals surface area contributed by atoms with Crippen LogP contribution in [0.1, 0.15) is 19.4 Å². The summed E-state index contributed by atoms with van der Waals surface area (Å²) >= 11 is 3.59. The Morgan fingerprint density at radius 1 is 1.47 bits per heavy atom. The number of hydrogen-bond acceptors (Lipinski definition) is 1. The molecular weight excluding hydrogens is 304 g/mol. The van der Waals surface area contributed by atoms with Gasteiger partial charge in [0.25, 0.3) is 0 Å². The first-order valence-electron chi connectivity index (χ1n) is 6.39. The number of halogens is 1.